The highest BCUT2D eigenvalue weighted by Gasteiger charge is 2.31. The van der Waals surface area contributed by atoms with Crippen molar-refractivity contribution in [3.8, 4) is 0 Å². The maximum atomic E-state index is 12.3. The zero-order valence-electron chi connectivity index (χ0n) is 11.8. The van der Waals surface area contributed by atoms with Crippen LogP contribution in [0, 0.1) is 6.92 Å². The highest BCUT2D eigenvalue weighted by atomic mass is 35.5. The van der Waals surface area contributed by atoms with Crippen LogP contribution < -0.4 is 4.72 Å². The minimum absolute atomic E-state index is 0.194. The normalized spacial score (nSPS) is 19.0. The highest BCUT2D eigenvalue weighted by Crippen LogP contribution is 2.30. The van der Waals surface area contributed by atoms with Crippen molar-refractivity contribution in [2.24, 2.45) is 0 Å². The first-order chi connectivity index (χ1) is 9.83. The number of ether oxygens (including phenoxy) is 1. The number of carbonyl (C=O) groups excluding carboxylic acids is 1. The lowest BCUT2D eigenvalue weighted by Gasteiger charge is -2.16. The second-order valence-corrected chi connectivity index (χ2v) is 8.37. The Balaban J connectivity index is 2.00. The fourth-order valence-corrected chi connectivity index (χ4v) is 5.06. The number of hydrogen-bond donors (Lipinski definition) is 1. The second-order valence-electron chi connectivity index (χ2n) is 4.77. The molecule has 1 aliphatic rings. The number of likely N-dealkylation sites (tertiary alicyclic amines) is 1. The first-order valence-electron chi connectivity index (χ1n) is 6.53. The van der Waals surface area contributed by atoms with Crippen molar-refractivity contribution < 1.29 is 17.9 Å². The molecule has 9 heteroatoms. The van der Waals surface area contributed by atoms with Crippen LogP contribution in [-0.2, 0) is 14.8 Å². The number of halogens is 1. The predicted octanol–water partition coefficient (Wildman–Crippen LogP) is 2.22. The Morgan fingerprint density at radius 1 is 1.62 bits per heavy atom. The fourth-order valence-electron chi connectivity index (χ4n) is 2.08. The van der Waals surface area contributed by atoms with Gasteiger partial charge < -0.3 is 9.64 Å². The number of carbonyl (C=O) groups is 1. The molecule has 0 spiro atoms. The van der Waals surface area contributed by atoms with Crippen molar-refractivity contribution in [3.63, 3.8) is 0 Å². The van der Waals surface area contributed by atoms with E-state index in [-0.39, 0.29) is 10.3 Å². The van der Waals surface area contributed by atoms with Gasteiger partial charge in [-0.25, -0.2) is 17.9 Å². The molecule has 1 aromatic heterocycles. The van der Waals surface area contributed by atoms with E-state index >= 15 is 0 Å². The number of nitrogens with zero attached hydrogens (tertiary/aromatic N) is 1. The van der Waals surface area contributed by atoms with Crippen molar-refractivity contribution in [3.05, 3.63) is 16.0 Å². The van der Waals surface area contributed by atoms with E-state index in [0.717, 1.165) is 16.9 Å². The summed E-state index contributed by atoms with van der Waals surface area (Å²) in [5, 5.41) is 0. The largest absolute Gasteiger partial charge is 0.450 e. The van der Waals surface area contributed by atoms with Crippen LogP contribution in [-0.4, -0.2) is 45.1 Å². The van der Waals surface area contributed by atoms with Gasteiger partial charge in [-0.3, -0.25) is 0 Å². The first kappa shape index (κ1) is 16.5. The van der Waals surface area contributed by atoms with Crippen molar-refractivity contribution >= 4 is 39.1 Å². The van der Waals surface area contributed by atoms with Gasteiger partial charge in [-0.2, -0.15) is 0 Å². The van der Waals surface area contributed by atoms with Gasteiger partial charge in [-0.05, 0) is 31.9 Å². The van der Waals surface area contributed by atoms with E-state index in [1.54, 1.807) is 19.9 Å². The van der Waals surface area contributed by atoms with Gasteiger partial charge in [-0.1, -0.05) is 11.6 Å². The minimum Gasteiger partial charge on any atom is -0.450 e. The first-order valence-corrected chi connectivity index (χ1v) is 9.21. The van der Waals surface area contributed by atoms with Gasteiger partial charge >= 0.3 is 6.09 Å². The van der Waals surface area contributed by atoms with Crippen molar-refractivity contribution in [2.45, 2.75) is 30.5 Å². The fraction of sp³-hybridized carbons (Fsp3) is 0.583. The molecule has 0 saturated carbocycles. The number of hydrogen-bond acceptors (Lipinski definition) is 5. The molecule has 1 atom stereocenters. The third-order valence-corrected chi connectivity index (χ3v) is 6.68. The molecule has 0 bridgehead atoms. The van der Waals surface area contributed by atoms with Crippen LogP contribution in [0.2, 0.25) is 4.34 Å². The van der Waals surface area contributed by atoms with E-state index in [1.165, 1.54) is 4.90 Å². The van der Waals surface area contributed by atoms with Gasteiger partial charge in [0.2, 0.25) is 10.0 Å². The molecule has 1 fully saturated rings. The summed E-state index contributed by atoms with van der Waals surface area (Å²) in [5.41, 5.74) is 0.738. The molecule has 1 amide bonds. The molecular formula is C12H17ClN2O4S2. The zero-order chi connectivity index (χ0) is 15.6. The average Bonchev–Trinajstić information content (AvgIpc) is 2.98. The van der Waals surface area contributed by atoms with Gasteiger partial charge in [0.15, 0.2) is 0 Å². The molecule has 0 unspecified atom stereocenters. The van der Waals surface area contributed by atoms with Crippen LogP contribution in [0.1, 0.15) is 18.9 Å². The quantitative estimate of drug-likeness (QED) is 0.901. The van der Waals surface area contributed by atoms with Crippen molar-refractivity contribution in [1.82, 2.24) is 9.62 Å². The van der Waals surface area contributed by atoms with Crippen molar-refractivity contribution in [2.75, 3.05) is 19.7 Å². The highest BCUT2D eigenvalue weighted by molar-refractivity contribution is 7.91. The van der Waals surface area contributed by atoms with Crippen LogP contribution in [0.5, 0.6) is 0 Å². The number of amides is 1. The van der Waals surface area contributed by atoms with Gasteiger partial charge in [0.05, 0.1) is 10.9 Å². The molecule has 0 aromatic carbocycles. The summed E-state index contributed by atoms with van der Waals surface area (Å²) in [7, 11) is -3.60. The van der Waals surface area contributed by atoms with Gasteiger partial charge in [0.25, 0.3) is 0 Å². The minimum atomic E-state index is -3.60. The second kappa shape index (κ2) is 6.51. The lowest BCUT2D eigenvalue weighted by molar-refractivity contribution is 0.115. The standard InChI is InChI=1S/C12H17ClN2O4S2/c1-3-19-12(16)15-5-4-9(7-15)14-21(17,18)10-6-8(2)11(13)20-10/h6,9,14H,3-5,7H2,1-2H3/t9-/m0/s1. The molecule has 1 aromatic rings. The summed E-state index contributed by atoms with van der Waals surface area (Å²) >= 11 is 6.94. The maximum Gasteiger partial charge on any atom is 0.409 e. The molecule has 0 radical (unpaired) electrons. The third-order valence-electron chi connectivity index (χ3n) is 3.14. The summed E-state index contributed by atoms with van der Waals surface area (Å²) in [6, 6.07) is 1.24. The van der Waals surface area contributed by atoms with E-state index in [1.807, 2.05) is 0 Å². The summed E-state index contributed by atoms with van der Waals surface area (Å²) < 4.78 is 32.7. The molecule has 118 valence electrons. The Bertz CT molecular complexity index is 610. The smallest absolute Gasteiger partial charge is 0.409 e. The van der Waals surface area contributed by atoms with E-state index < -0.39 is 16.1 Å². The number of nitrogens with one attached hydrogen (secondary N) is 1. The van der Waals surface area contributed by atoms with E-state index in [4.69, 9.17) is 16.3 Å². The molecule has 2 rings (SSSR count). The van der Waals surface area contributed by atoms with Gasteiger partial charge in [0.1, 0.15) is 4.21 Å². The SMILES string of the molecule is CCOC(=O)N1CC[C@H](NS(=O)(=O)c2cc(C)c(Cl)s2)C1. The van der Waals surface area contributed by atoms with E-state index in [9.17, 15) is 13.2 Å². The van der Waals surface area contributed by atoms with Crippen molar-refractivity contribution in [1.29, 1.82) is 0 Å². The zero-order valence-corrected chi connectivity index (χ0v) is 14.1. The average molecular weight is 353 g/mol. The molecular weight excluding hydrogens is 336 g/mol. The molecule has 1 aliphatic heterocycles. The number of rotatable bonds is 4. The van der Waals surface area contributed by atoms with Crippen LogP contribution in [0.15, 0.2) is 10.3 Å². The third kappa shape index (κ3) is 3.88. The Kier molecular flexibility index (Phi) is 5.13. The van der Waals surface area contributed by atoms with E-state index in [2.05, 4.69) is 4.72 Å². The lowest BCUT2D eigenvalue weighted by atomic mass is 10.3. The summed E-state index contributed by atoms with van der Waals surface area (Å²) in [6.07, 6.45) is 0.157. The van der Waals surface area contributed by atoms with Crippen LogP contribution in [0.25, 0.3) is 0 Å². The predicted molar refractivity (Wildman–Crippen MR) is 81.4 cm³/mol. The van der Waals surface area contributed by atoms with Gasteiger partial charge in [0, 0.05) is 19.1 Å². The van der Waals surface area contributed by atoms with Crippen LogP contribution in [0.4, 0.5) is 4.79 Å². The Labute approximate surface area is 133 Å². The number of thiophene rings is 1. The Morgan fingerprint density at radius 2 is 2.33 bits per heavy atom. The molecule has 1 N–H and O–H groups in total. The van der Waals surface area contributed by atoms with Gasteiger partial charge in [-0.15, -0.1) is 11.3 Å². The lowest BCUT2D eigenvalue weighted by Crippen LogP contribution is -2.38. The van der Waals surface area contributed by atoms with E-state index in [0.29, 0.717) is 30.5 Å². The number of sulfonamides is 1. The molecule has 0 aliphatic carbocycles. The Hall–Kier alpha value is -0.830. The summed E-state index contributed by atoms with van der Waals surface area (Å²) in [6.45, 7) is 4.60. The molecule has 1 saturated heterocycles. The molecule has 6 nitrogen and oxygen atoms in total. The maximum absolute atomic E-state index is 12.3. The summed E-state index contributed by atoms with van der Waals surface area (Å²) in [5.74, 6) is 0. The van der Waals surface area contributed by atoms with Crippen LogP contribution in [0.3, 0.4) is 0 Å². The summed E-state index contributed by atoms with van der Waals surface area (Å²) in [4.78, 5) is 13.1. The molecule has 2 heterocycles. The van der Waals surface area contributed by atoms with Crippen LogP contribution >= 0.6 is 22.9 Å². The Morgan fingerprint density at radius 3 is 2.90 bits per heavy atom. The topological polar surface area (TPSA) is 75.7 Å². The monoisotopic (exact) mass is 352 g/mol. The number of aryl methyl sites for hydroxylation is 1. The molecule has 21 heavy (non-hydrogen) atoms.